The largest absolute Gasteiger partial charge is 0.378 e. The molecule has 138 valence electrons. The van der Waals surface area contributed by atoms with E-state index in [-0.39, 0.29) is 11.8 Å². The molecule has 0 saturated carbocycles. The highest BCUT2D eigenvalue weighted by Gasteiger charge is 2.44. The lowest BCUT2D eigenvalue weighted by Gasteiger charge is -2.33. The van der Waals surface area contributed by atoms with Crippen LogP contribution in [0.5, 0.6) is 0 Å². The summed E-state index contributed by atoms with van der Waals surface area (Å²) in [6.07, 6.45) is 0. The van der Waals surface area contributed by atoms with E-state index in [0.717, 1.165) is 5.56 Å². The number of benzene rings is 1. The molecule has 0 radical (unpaired) electrons. The summed E-state index contributed by atoms with van der Waals surface area (Å²) in [7, 11) is 0. The summed E-state index contributed by atoms with van der Waals surface area (Å²) < 4.78 is 10.8. The van der Waals surface area contributed by atoms with Crippen molar-refractivity contribution in [1.29, 1.82) is 0 Å². The highest BCUT2D eigenvalue weighted by molar-refractivity contribution is 6.32. The number of morpholine rings is 2. The molecule has 1 aromatic carbocycles. The molecule has 7 heteroatoms. The summed E-state index contributed by atoms with van der Waals surface area (Å²) in [4.78, 5) is 31.8. The van der Waals surface area contributed by atoms with E-state index in [1.165, 1.54) is 4.90 Å². The van der Waals surface area contributed by atoms with Crippen molar-refractivity contribution in [3.05, 3.63) is 41.2 Å². The minimum absolute atomic E-state index is 0.248. The third-order valence-corrected chi connectivity index (χ3v) is 4.98. The molecular formula is C19H23N3O4. The van der Waals surface area contributed by atoms with Gasteiger partial charge in [-0.25, -0.2) is 4.90 Å². The lowest BCUT2D eigenvalue weighted by atomic mass is 10.2. The molecule has 3 aliphatic rings. The van der Waals surface area contributed by atoms with Crippen molar-refractivity contribution < 1.29 is 19.1 Å². The molecule has 7 nitrogen and oxygen atoms in total. The summed E-state index contributed by atoms with van der Waals surface area (Å²) in [5, 5.41) is 0. The molecular weight excluding hydrogens is 334 g/mol. The third kappa shape index (κ3) is 2.97. The quantitative estimate of drug-likeness (QED) is 0.744. The third-order valence-electron chi connectivity index (χ3n) is 4.98. The zero-order valence-electron chi connectivity index (χ0n) is 14.9. The molecule has 0 N–H and O–H groups in total. The highest BCUT2D eigenvalue weighted by Crippen LogP contribution is 2.32. The highest BCUT2D eigenvalue weighted by atomic mass is 16.5. The fourth-order valence-corrected chi connectivity index (χ4v) is 3.58. The van der Waals surface area contributed by atoms with Crippen molar-refractivity contribution in [3.8, 4) is 0 Å². The maximum atomic E-state index is 13.3. The lowest BCUT2D eigenvalue weighted by Crippen LogP contribution is -2.42. The SMILES string of the molecule is Cc1ccc(N2C(=O)C(N3CCOCC3)=C(N3CCOCC3)C2=O)cc1. The number of amides is 2. The van der Waals surface area contributed by atoms with E-state index < -0.39 is 0 Å². The first-order chi connectivity index (χ1) is 12.7. The normalized spacial score (nSPS) is 21.8. The molecule has 0 bridgehead atoms. The van der Waals surface area contributed by atoms with Crippen LogP contribution in [0.1, 0.15) is 5.56 Å². The second kappa shape index (κ2) is 7.09. The van der Waals surface area contributed by atoms with Gasteiger partial charge in [0.1, 0.15) is 11.4 Å². The number of rotatable bonds is 3. The van der Waals surface area contributed by atoms with Crippen LogP contribution < -0.4 is 4.90 Å². The average Bonchev–Trinajstić information content (AvgIpc) is 2.94. The predicted octanol–water partition coefficient (Wildman–Crippen LogP) is 0.744. The van der Waals surface area contributed by atoms with Gasteiger partial charge in [0.2, 0.25) is 0 Å². The van der Waals surface area contributed by atoms with E-state index in [1.807, 2.05) is 41.0 Å². The smallest absolute Gasteiger partial charge is 0.284 e. The van der Waals surface area contributed by atoms with Gasteiger partial charge in [-0.1, -0.05) is 17.7 Å². The van der Waals surface area contributed by atoms with Gasteiger partial charge >= 0.3 is 0 Å². The van der Waals surface area contributed by atoms with Crippen molar-refractivity contribution >= 4 is 17.5 Å². The maximum absolute atomic E-state index is 13.3. The first-order valence-electron chi connectivity index (χ1n) is 9.02. The van der Waals surface area contributed by atoms with Crippen LogP contribution in [0.2, 0.25) is 0 Å². The predicted molar refractivity (Wildman–Crippen MR) is 95.5 cm³/mol. The van der Waals surface area contributed by atoms with Gasteiger partial charge in [-0.15, -0.1) is 0 Å². The van der Waals surface area contributed by atoms with Crippen molar-refractivity contribution in [1.82, 2.24) is 9.80 Å². The van der Waals surface area contributed by atoms with Crippen LogP contribution in [-0.2, 0) is 19.1 Å². The Balaban J connectivity index is 1.73. The molecule has 1 aromatic rings. The molecule has 26 heavy (non-hydrogen) atoms. The van der Waals surface area contributed by atoms with Crippen LogP contribution in [0.3, 0.4) is 0 Å². The number of anilines is 1. The zero-order chi connectivity index (χ0) is 18.1. The lowest BCUT2D eigenvalue weighted by molar-refractivity contribution is -0.121. The number of aryl methyl sites for hydroxylation is 1. The number of nitrogens with zero attached hydrogens (tertiary/aromatic N) is 3. The molecule has 4 rings (SSSR count). The van der Waals surface area contributed by atoms with Crippen molar-refractivity contribution in [2.24, 2.45) is 0 Å². The number of ether oxygens (including phenoxy) is 2. The molecule has 2 fully saturated rings. The van der Waals surface area contributed by atoms with Gasteiger partial charge in [0.05, 0.1) is 32.1 Å². The van der Waals surface area contributed by atoms with Crippen LogP contribution in [0.4, 0.5) is 5.69 Å². The summed E-state index contributed by atoms with van der Waals surface area (Å²) in [5.74, 6) is -0.496. The molecule has 3 heterocycles. The Bertz CT molecular complexity index is 692. The Morgan fingerprint density at radius 1 is 0.731 bits per heavy atom. The van der Waals surface area contributed by atoms with Gasteiger partial charge in [0.15, 0.2) is 0 Å². The molecule has 0 unspecified atom stereocenters. The van der Waals surface area contributed by atoms with Gasteiger partial charge in [-0.3, -0.25) is 9.59 Å². The Hall–Kier alpha value is -2.38. The first-order valence-corrected chi connectivity index (χ1v) is 9.02. The zero-order valence-corrected chi connectivity index (χ0v) is 14.9. The number of carbonyl (C=O) groups is 2. The fraction of sp³-hybridized carbons (Fsp3) is 0.474. The Morgan fingerprint density at radius 2 is 1.15 bits per heavy atom. The van der Waals surface area contributed by atoms with Crippen molar-refractivity contribution in [2.75, 3.05) is 57.5 Å². The van der Waals surface area contributed by atoms with Crippen LogP contribution in [0, 0.1) is 6.92 Å². The summed E-state index contributed by atoms with van der Waals surface area (Å²) >= 11 is 0. The number of hydrogen-bond acceptors (Lipinski definition) is 6. The van der Waals surface area contributed by atoms with E-state index in [1.54, 1.807) is 0 Å². The first kappa shape index (κ1) is 17.1. The average molecular weight is 357 g/mol. The van der Waals surface area contributed by atoms with E-state index in [0.29, 0.717) is 69.7 Å². The molecule has 3 aliphatic heterocycles. The molecule has 0 aliphatic carbocycles. The van der Waals surface area contributed by atoms with Gasteiger partial charge in [0.25, 0.3) is 11.8 Å². The summed E-state index contributed by atoms with van der Waals surface area (Å²) in [6, 6.07) is 7.47. The van der Waals surface area contributed by atoms with Crippen molar-refractivity contribution in [3.63, 3.8) is 0 Å². The second-order valence-electron chi connectivity index (χ2n) is 6.68. The van der Waals surface area contributed by atoms with E-state index in [4.69, 9.17) is 9.47 Å². The van der Waals surface area contributed by atoms with E-state index >= 15 is 0 Å². The van der Waals surface area contributed by atoms with Crippen molar-refractivity contribution in [2.45, 2.75) is 6.92 Å². The minimum Gasteiger partial charge on any atom is -0.378 e. The summed E-state index contributed by atoms with van der Waals surface area (Å²) in [5.41, 5.74) is 2.70. The van der Waals surface area contributed by atoms with Gasteiger partial charge in [-0.2, -0.15) is 0 Å². The molecule has 0 spiro atoms. The van der Waals surface area contributed by atoms with E-state index in [9.17, 15) is 9.59 Å². The maximum Gasteiger partial charge on any atom is 0.284 e. The summed E-state index contributed by atoms with van der Waals surface area (Å²) in [6.45, 7) is 6.69. The Labute approximate surface area is 152 Å². The second-order valence-corrected chi connectivity index (χ2v) is 6.68. The van der Waals surface area contributed by atoms with Gasteiger partial charge < -0.3 is 19.3 Å². The minimum atomic E-state index is -0.248. The van der Waals surface area contributed by atoms with Crippen LogP contribution >= 0.6 is 0 Å². The number of imide groups is 1. The van der Waals surface area contributed by atoms with Crippen LogP contribution in [0.25, 0.3) is 0 Å². The number of carbonyl (C=O) groups excluding carboxylic acids is 2. The van der Waals surface area contributed by atoms with Crippen LogP contribution in [-0.4, -0.2) is 74.2 Å². The van der Waals surface area contributed by atoms with E-state index in [2.05, 4.69) is 0 Å². The fourth-order valence-electron chi connectivity index (χ4n) is 3.58. The Morgan fingerprint density at radius 3 is 1.58 bits per heavy atom. The monoisotopic (exact) mass is 357 g/mol. The molecule has 0 atom stereocenters. The topological polar surface area (TPSA) is 62.3 Å². The molecule has 2 amide bonds. The number of hydrogen-bond donors (Lipinski definition) is 0. The van der Waals surface area contributed by atoms with Gasteiger partial charge in [0, 0.05) is 26.2 Å². The molecule has 2 saturated heterocycles. The van der Waals surface area contributed by atoms with Gasteiger partial charge in [-0.05, 0) is 19.1 Å². The Kier molecular flexibility index (Phi) is 4.65. The standard InChI is InChI=1S/C19H23N3O4/c1-14-2-4-15(5-3-14)22-18(23)16(20-6-10-25-11-7-20)17(19(22)24)21-8-12-26-13-9-21/h2-5H,6-13H2,1H3. The molecule has 0 aromatic heterocycles. The van der Waals surface area contributed by atoms with Crippen LogP contribution in [0.15, 0.2) is 35.7 Å².